The Morgan fingerprint density at radius 3 is 2.53 bits per heavy atom. The molecule has 0 radical (unpaired) electrons. The second-order valence-electron chi connectivity index (χ2n) is 4.03. The highest BCUT2D eigenvalue weighted by Gasteiger charge is 2.07. The normalized spacial score (nSPS) is 10.4. The van der Waals surface area contributed by atoms with Crippen molar-refractivity contribution in [2.24, 2.45) is 0 Å². The molecule has 0 amide bonds. The lowest BCUT2D eigenvalue weighted by Crippen LogP contribution is -1.92. The molecule has 0 unspecified atom stereocenters. The third-order valence-electron chi connectivity index (χ3n) is 2.79. The van der Waals surface area contributed by atoms with E-state index < -0.39 is 0 Å². The number of benzene rings is 1. The molecule has 2 nitrogen and oxygen atoms in total. The van der Waals surface area contributed by atoms with E-state index in [9.17, 15) is 5.11 Å². The summed E-state index contributed by atoms with van der Waals surface area (Å²) in [5.41, 5.74) is 3.47. The van der Waals surface area contributed by atoms with Crippen LogP contribution < -0.4 is 0 Å². The summed E-state index contributed by atoms with van der Waals surface area (Å²) in [5, 5.41) is 9.93. The van der Waals surface area contributed by atoms with Gasteiger partial charge in [0.05, 0.1) is 5.69 Å². The van der Waals surface area contributed by atoms with Gasteiger partial charge >= 0.3 is 0 Å². The van der Waals surface area contributed by atoms with Crippen LogP contribution in [0.2, 0.25) is 0 Å². The number of hydrogen-bond donors (Lipinski definition) is 2. The molecule has 0 aliphatic rings. The number of pyridine rings is 1. The maximum Gasteiger partial charge on any atom is 0.141 e. The van der Waals surface area contributed by atoms with Crippen LogP contribution in [0, 0.1) is 6.92 Å². The third kappa shape index (κ3) is 3.75. The Balaban J connectivity index is 0.00000180. The Morgan fingerprint density at radius 1 is 1.21 bits per heavy atom. The van der Waals surface area contributed by atoms with Crippen LogP contribution >= 0.6 is 25.0 Å². The average molecular weight is 294 g/mol. The molecule has 2 rings (SSSR count). The Morgan fingerprint density at radius 2 is 1.89 bits per heavy atom. The van der Waals surface area contributed by atoms with Crippen molar-refractivity contribution in [3.63, 3.8) is 0 Å². The van der Waals surface area contributed by atoms with Gasteiger partial charge in [0.2, 0.25) is 0 Å². The van der Waals surface area contributed by atoms with Crippen LogP contribution in [0.5, 0.6) is 5.75 Å². The Kier molecular flexibility index (Phi) is 5.93. The highest BCUT2D eigenvalue weighted by molar-refractivity contribution is 7.79. The molecule has 0 saturated carbocycles. The minimum absolute atomic E-state index is 0. The molecule has 100 valence electrons. The van der Waals surface area contributed by atoms with Crippen molar-refractivity contribution >= 4 is 37.2 Å². The maximum atomic E-state index is 9.93. The third-order valence-corrected chi connectivity index (χ3v) is 3.10. The van der Waals surface area contributed by atoms with Crippen molar-refractivity contribution in [1.82, 2.24) is 4.98 Å². The molecule has 0 aliphatic heterocycles. The summed E-state index contributed by atoms with van der Waals surface area (Å²) < 4.78 is 0. The minimum atomic E-state index is 0. The fourth-order valence-corrected chi connectivity index (χ4v) is 2.05. The van der Waals surface area contributed by atoms with E-state index in [1.54, 1.807) is 13.1 Å². The monoisotopic (exact) mass is 293 g/mol. The van der Waals surface area contributed by atoms with Gasteiger partial charge < -0.3 is 5.11 Å². The Hall–Kier alpha value is -1.45. The van der Waals surface area contributed by atoms with Crippen LogP contribution in [-0.4, -0.2) is 10.1 Å². The van der Waals surface area contributed by atoms with Crippen molar-refractivity contribution in [3.05, 3.63) is 58.9 Å². The summed E-state index contributed by atoms with van der Waals surface area (Å²) in [7, 11) is 0. The predicted octanol–water partition coefficient (Wildman–Crippen LogP) is 4.12. The molecule has 1 N–H and O–H groups in total. The second-order valence-corrected chi connectivity index (χ2v) is 4.34. The first-order valence-electron chi connectivity index (χ1n) is 5.74. The van der Waals surface area contributed by atoms with Crippen LogP contribution in [0.4, 0.5) is 0 Å². The largest absolute Gasteiger partial charge is 0.506 e. The average Bonchev–Trinajstić information content (AvgIpc) is 2.41. The Bertz CT molecular complexity index is 570. The highest BCUT2D eigenvalue weighted by Crippen LogP contribution is 2.26. The summed E-state index contributed by atoms with van der Waals surface area (Å²) >= 11 is 4.26. The van der Waals surface area contributed by atoms with Crippen LogP contribution in [-0.2, 0) is 5.75 Å². The quantitative estimate of drug-likeness (QED) is 0.835. The van der Waals surface area contributed by atoms with E-state index in [0.29, 0.717) is 11.4 Å². The Labute approximate surface area is 125 Å². The summed E-state index contributed by atoms with van der Waals surface area (Å²) in [6.45, 7) is 1.78. The number of aryl methyl sites for hydroxylation is 1. The maximum absolute atomic E-state index is 9.93. The zero-order chi connectivity index (χ0) is 13.0. The first-order chi connectivity index (χ1) is 8.72. The van der Waals surface area contributed by atoms with Gasteiger partial charge in [-0.25, -0.2) is 0 Å². The summed E-state index contributed by atoms with van der Waals surface area (Å²) in [5.74, 6) is 0.726. The number of aromatic nitrogens is 1. The van der Waals surface area contributed by atoms with E-state index in [-0.39, 0.29) is 18.2 Å². The molecule has 4 heteroatoms. The zero-order valence-electron chi connectivity index (χ0n) is 10.6. The number of nitrogens with zero attached hydrogens (tertiary/aromatic N) is 1. The molecule has 0 aliphatic carbocycles. The fourth-order valence-electron chi connectivity index (χ4n) is 1.72. The molecule has 0 fully saturated rings. The number of aromatic hydroxyl groups is 1. The molecular weight excluding hydrogens is 278 g/mol. The van der Waals surface area contributed by atoms with Gasteiger partial charge in [-0.05, 0) is 12.5 Å². The van der Waals surface area contributed by atoms with Crippen LogP contribution in [0.1, 0.15) is 22.4 Å². The number of thiol groups is 1. The molecule has 2 aromatic rings. The topological polar surface area (TPSA) is 33.1 Å². The molecule has 0 bridgehead atoms. The first-order valence-corrected chi connectivity index (χ1v) is 6.37. The lowest BCUT2D eigenvalue weighted by Gasteiger charge is -2.07. The van der Waals surface area contributed by atoms with Crippen molar-refractivity contribution in [1.29, 1.82) is 0 Å². The van der Waals surface area contributed by atoms with E-state index in [1.807, 2.05) is 42.5 Å². The van der Waals surface area contributed by atoms with Crippen LogP contribution in [0.25, 0.3) is 12.2 Å². The minimum Gasteiger partial charge on any atom is -0.506 e. The second kappa shape index (κ2) is 7.22. The van der Waals surface area contributed by atoms with Gasteiger partial charge in [-0.2, -0.15) is 12.6 Å². The van der Waals surface area contributed by atoms with Gasteiger partial charge in [0.1, 0.15) is 5.75 Å². The van der Waals surface area contributed by atoms with Gasteiger partial charge in [-0.15, -0.1) is 12.4 Å². The van der Waals surface area contributed by atoms with E-state index in [2.05, 4.69) is 17.6 Å². The molecule has 0 atom stereocenters. The summed E-state index contributed by atoms with van der Waals surface area (Å²) in [4.78, 5) is 4.16. The van der Waals surface area contributed by atoms with Gasteiger partial charge in [0.25, 0.3) is 0 Å². The number of rotatable bonds is 3. The predicted molar refractivity (Wildman–Crippen MR) is 85.9 cm³/mol. The van der Waals surface area contributed by atoms with E-state index in [4.69, 9.17) is 0 Å². The van der Waals surface area contributed by atoms with Gasteiger partial charge in [-0.3, -0.25) is 4.98 Å². The van der Waals surface area contributed by atoms with E-state index in [1.165, 1.54) is 0 Å². The molecule has 19 heavy (non-hydrogen) atoms. The molecule has 1 aromatic heterocycles. The van der Waals surface area contributed by atoms with Gasteiger partial charge in [0, 0.05) is 23.1 Å². The van der Waals surface area contributed by atoms with Crippen LogP contribution in [0.3, 0.4) is 0 Å². The summed E-state index contributed by atoms with van der Waals surface area (Å²) in [6.07, 6.45) is 5.71. The standard InChI is InChI=1S/C15H15NOS.ClH/c1-11-15(17)14(10-18)13(9-16-11)8-7-12-5-3-2-4-6-12;/h2-9,17-18H,10H2,1H3;1H. The highest BCUT2D eigenvalue weighted by atomic mass is 35.5. The summed E-state index contributed by atoms with van der Waals surface area (Å²) in [6, 6.07) is 10.0. The van der Waals surface area contributed by atoms with Gasteiger partial charge in [-0.1, -0.05) is 42.5 Å². The van der Waals surface area contributed by atoms with Crippen molar-refractivity contribution in [3.8, 4) is 5.75 Å². The van der Waals surface area contributed by atoms with Crippen molar-refractivity contribution in [2.75, 3.05) is 0 Å². The van der Waals surface area contributed by atoms with Crippen molar-refractivity contribution < 1.29 is 5.11 Å². The fraction of sp³-hybridized carbons (Fsp3) is 0.133. The van der Waals surface area contributed by atoms with Gasteiger partial charge in [0.15, 0.2) is 0 Å². The smallest absolute Gasteiger partial charge is 0.141 e. The molecule has 1 heterocycles. The zero-order valence-corrected chi connectivity index (χ0v) is 12.3. The molecule has 0 spiro atoms. The number of hydrogen-bond acceptors (Lipinski definition) is 3. The SMILES string of the molecule is Cc1ncc(C=Cc2ccccc2)c(CS)c1O.Cl. The van der Waals surface area contributed by atoms with Crippen LogP contribution in [0.15, 0.2) is 36.5 Å². The lowest BCUT2D eigenvalue weighted by atomic mass is 10.1. The van der Waals surface area contributed by atoms with E-state index >= 15 is 0 Å². The lowest BCUT2D eigenvalue weighted by molar-refractivity contribution is 0.462. The van der Waals surface area contributed by atoms with Crippen molar-refractivity contribution in [2.45, 2.75) is 12.7 Å². The first kappa shape index (κ1) is 15.6. The molecular formula is C15H16ClNOS. The number of halogens is 1. The molecule has 0 saturated heterocycles. The molecule has 1 aromatic carbocycles. The van der Waals surface area contributed by atoms with E-state index in [0.717, 1.165) is 16.7 Å².